The first-order chi connectivity index (χ1) is 15.2. The van der Waals surface area contributed by atoms with Gasteiger partial charge in [0, 0.05) is 22.9 Å². The lowest BCUT2D eigenvalue weighted by atomic mass is 9.95. The molecule has 0 atom stereocenters. The van der Waals surface area contributed by atoms with Crippen LogP contribution in [0.3, 0.4) is 0 Å². The zero-order valence-corrected chi connectivity index (χ0v) is 18.9. The van der Waals surface area contributed by atoms with E-state index in [-0.39, 0.29) is 0 Å². The molecule has 4 rings (SSSR count). The molecular weight excluding hydrogens is 396 g/mol. The van der Waals surface area contributed by atoms with E-state index in [9.17, 15) is 0 Å². The van der Waals surface area contributed by atoms with Gasteiger partial charge in [-0.05, 0) is 68.2 Å². The number of hydrogen-bond donors (Lipinski definition) is 2. The number of nitrogens with two attached hydrogens (primary N) is 2. The van der Waals surface area contributed by atoms with Crippen molar-refractivity contribution in [2.75, 3.05) is 5.73 Å². The zero-order chi connectivity index (χ0) is 23.0. The molecule has 0 aliphatic carbocycles. The molecule has 0 aliphatic rings. The summed E-state index contributed by atoms with van der Waals surface area (Å²) in [6.45, 7) is 11.9. The molecule has 0 aliphatic heterocycles. The normalized spacial score (nSPS) is 11.5. The summed E-state index contributed by atoms with van der Waals surface area (Å²) in [5.41, 5.74) is 18.8. The van der Waals surface area contributed by atoms with Gasteiger partial charge in [0.25, 0.3) is 0 Å². The number of aromatic nitrogens is 4. The third-order valence-electron chi connectivity index (χ3n) is 5.66. The van der Waals surface area contributed by atoms with E-state index >= 15 is 0 Å². The van der Waals surface area contributed by atoms with Crippen LogP contribution in [-0.2, 0) is 5.54 Å². The van der Waals surface area contributed by atoms with E-state index in [2.05, 4.69) is 46.9 Å². The van der Waals surface area contributed by atoms with Crippen molar-refractivity contribution in [2.24, 2.45) is 5.73 Å². The van der Waals surface area contributed by atoms with E-state index < -0.39 is 5.54 Å². The topological polar surface area (TPSA) is 95.6 Å². The summed E-state index contributed by atoms with van der Waals surface area (Å²) in [5, 5.41) is 8.85. The fraction of sp³-hybridized carbons (Fsp3) is 0.192. The van der Waals surface area contributed by atoms with Crippen LogP contribution in [0.1, 0.15) is 36.4 Å². The Bertz CT molecular complexity index is 1290. The third kappa shape index (κ3) is 3.92. The molecule has 0 radical (unpaired) electrons. The number of rotatable bonds is 5. The second-order valence-corrected chi connectivity index (χ2v) is 8.65. The van der Waals surface area contributed by atoms with Crippen LogP contribution in [0, 0.1) is 13.8 Å². The zero-order valence-electron chi connectivity index (χ0n) is 18.9. The van der Waals surface area contributed by atoms with Crippen LogP contribution in [0.15, 0.2) is 61.3 Å². The summed E-state index contributed by atoms with van der Waals surface area (Å²) < 4.78 is 2.03. The number of aryl methyl sites for hydroxylation is 2. The number of anilines is 1. The summed E-state index contributed by atoms with van der Waals surface area (Å²) in [7, 11) is 0. The van der Waals surface area contributed by atoms with Crippen LogP contribution < -0.4 is 11.5 Å². The molecule has 6 nitrogen and oxygen atoms in total. The van der Waals surface area contributed by atoms with Gasteiger partial charge in [0.2, 0.25) is 0 Å². The molecular formula is C26H28N6. The molecule has 0 bridgehead atoms. The Labute approximate surface area is 188 Å². The van der Waals surface area contributed by atoms with E-state index in [0.29, 0.717) is 11.6 Å². The lowest BCUT2D eigenvalue weighted by molar-refractivity contribution is 0.554. The van der Waals surface area contributed by atoms with E-state index in [4.69, 9.17) is 11.5 Å². The van der Waals surface area contributed by atoms with Gasteiger partial charge in [0.05, 0.1) is 5.69 Å². The van der Waals surface area contributed by atoms with E-state index in [1.807, 2.05) is 55.7 Å². The average molecular weight is 425 g/mol. The minimum Gasteiger partial charge on any atom is -0.383 e. The van der Waals surface area contributed by atoms with Crippen LogP contribution in [0.5, 0.6) is 0 Å². The molecule has 32 heavy (non-hydrogen) atoms. The van der Waals surface area contributed by atoms with Crippen molar-refractivity contribution in [1.29, 1.82) is 0 Å². The van der Waals surface area contributed by atoms with Gasteiger partial charge in [-0.2, -0.15) is 0 Å². The van der Waals surface area contributed by atoms with Crippen LogP contribution in [-0.4, -0.2) is 19.7 Å². The van der Waals surface area contributed by atoms with Gasteiger partial charge in [0.1, 0.15) is 5.82 Å². The van der Waals surface area contributed by atoms with Crippen LogP contribution in [0.25, 0.3) is 34.3 Å². The monoisotopic (exact) mass is 424 g/mol. The lowest BCUT2D eigenvalue weighted by Crippen LogP contribution is -2.28. The highest BCUT2D eigenvalue weighted by molar-refractivity contribution is 5.71. The predicted molar refractivity (Wildman–Crippen MR) is 131 cm³/mol. The van der Waals surface area contributed by atoms with Gasteiger partial charge >= 0.3 is 0 Å². The number of nitrogens with zero attached hydrogens (tertiary/aromatic N) is 4. The molecule has 4 aromatic rings. The molecule has 6 heteroatoms. The Morgan fingerprint density at radius 2 is 1.59 bits per heavy atom. The van der Waals surface area contributed by atoms with Gasteiger partial charge in [-0.1, -0.05) is 43.0 Å². The largest absolute Gasteiger partial charge is 0.383 e. The molecule has 0 saturated carbocycles. The van der Waals surface area contributed by atoms with Gasteiger partial charge in [0.15, 0.2) is 11.6 Å². The number of nitrogen functional groups attached to an aromatic ring is 1. The molecule has 162 valence electrons. The highest BCUT2D eigenvalue weighted by Gasteiger charge is 2.18. The van der Waals surface area contributed by atoms with Crippen molar-refractivity contribution in [3.05, 3.63) is 83.8 Å². The first kappa shape index (κ1) is 21.5. The van der Waals surface area contributed by atoms with Crippen molar-refractivity contribution >= 4 is 11.9 Å². The summed E-state index contributed by atoms with van der Waals surface area (Å²) in [6, 6.07) is 16.5. The Balaban J connectivity index is 1.86. The van der Waals surface area contributed by atoms with Crippen molar-refractivity contribution in [3.8, 4) is 28.2 Å². The fourth-order valence-electron chi connectivity index (χ4n) is 3.67. The van der Waals surface area contributed by atoms with Crippen LogP contribution >= 0.6 is 0 Å². The summed E-state index contributed by atoms with van der Waals surface area (Å²) >= 11 is 0. The summed E-state index contributed by atoms with van der Waals surface area (Å²) in [6.07, 6.45) is 3.51. The second kappa shape index (κ2) is 8.05. The first-order valence-electron chi connectivity index (χ1n) is 10.5. The van der Waals surface area contributed by atoms with Crippen LogP contribution in [0.4, 0.5) is 5.82 Å². The predicted octanol–water partition coefficient (Wildman–Crippen LogP) is 5.03. The van der Waals surface area contributed by atoms with E-state index in [1.165, 1.54) is 0 Å². The van der Waals surface area contributed by atoms with Crippen LogP contribution in [0.2, 0.25) is 0 Å². The highest BCUT2D eigenvalue weighted by Crippen LogP contribution is 2.31. The summed E-state index contributed by atoms with van der Waals surface area (Å²) in [4.78, 5) is 4.32. The highest BCUT2D eigenvalue weighted by atomic mass is 15.3. The number of hydrogen-bond acceptors (Lipinski definition) is 5. The molecule has 2 aromatic heterocycles. The van der Waals surface area contributed by atoms with E-state index in [0.717, 1.165) is 44.9 Å². The molecule has 0 spiro atoms. The average Bonchev–Trinajstić information content (AvgIpc) is 3.19. The first-order valence-corrected chi connectivity index (χ1v) is 10.5. The molecule has 0 fully saturated rings. The molecule has 0 unspecified atom stereocenters. The third-order valence-corrected chi connectivity index (χ3v) is 5.66. The van der Waals surface area contributed by atoms with Crippen molar-refractivity contribution in [3.63, 3.8) is 0 Å². The quantitative estimate of drug-likeness (QED) is 0.468. The van der Waals surface area contributed by atoms with Crippen molar-refractivity contribution < 1.29 is 0 Å². The lowest BCUT2D eigenvalue weighted by Gasteiger charge is -2.19. The Kier molecular flexibility index (Phi) is 5.40. The maximum absolute atomic E-state index is 6.24. The smallest absolute Gasteiger partial charge is 0.168 e. The molecule has 2 aromatic carbocycles. The standard InChI is InChI=1S/C26H28N6/c1-6-23-30-31-25(18-9-11-21(12-10-18)26(4,5)28)32(23)22-14-19(8-7-16(22)2)20-13-17(3)24(27)29-15-20/h6-15H,1,28H2,2-5H3,(H2,27,29). The molecule has 0 saturated heterocycles. The fourth-order valence-corrected chi connectivity index (χ4v) is 3.67. The Morgan fingerprint density at radius 1 is 0.906 bits per heavy atom. The minimum atomic E-state index is -0.408. The van der Waals surface area contributed by atoms with Crippen molar-refractivity contribution in [1.82, 2.24) is 19.7 Å². The van der Waals surface area contributed by atoms with E-state index in [1.54, 1.807) is 12.3 Å². The maximum Gasteiger partial charge on any atom is 0.168 e. The van der Waals surface area contributed by atoms with Gasteiger partial charge in [-0.3, -0.25) is 4.57 Å². The molecule has 2 heterocycles. The number of pyridine rings is 1. The maximum atomic E-state index is 6.24. The Morgan fingerprint density at radius 3 is 2.22 bits per heavy atom. The summed E-state index contributed by atoms with van der Waals surface area (Å²) in [5.74, 6) is 1.96. The van der Waals surface area contributed by atoms with Gasteiger partial charge in [-0.15, -0.1) is 10.2 Å². The second-order valence-electron chi connectivity index (χ2n) is 8.65. The van der Waals surface area contributed by atoms with Gasteiger partial charge < -0.3 is 11.5 Å². The molecule has 4 N–H and O–H groups in total. The Hall–Kier alpha value is -3.77. The minimum absolute atomic E-state index is 0.408. The van der Waals surface area contributed by atoms with Crippen molar-refractivity contribution in [2.45, 2.75) is 33.2 Å². The van der Waals surface area contributed by atoms with Gasteiger partial charge in [-0.25, -0.2) is 4.98 Å². The SMILES string of the molecule is C=Cc1nnc(-c2ccc(C(C)(C)N)cc2)n1-c1cc(-c2cnc(N)c(C)c2)ccc1C. The number of benzene rings is 2. The molecule has 0 amide bonds.